The maximum absolute atomic E-state index is 13.5. The summed E-state index contributed by atoms with van der Waals surface area (Å²) in [7, 11) is -6.00. The highest BCUT2D eigenvalue weighted by molar-refractivity contribution is 7.90. The molecule has 3 aromatic rings. The lowest BCUT2D eigenvalue weighted by Crippen LogP contribution is -2.33. The molecule has 1 saturated carbocycles. The minimum absolute atomic E-state index is 0.0320. The van der Waals surface area contributed by atoms with Gasteiger partial charge in [-0.1, -0.05) is 48.0 Å². The minimum Gasteiger partial charge on any atom is -0.383 e. The van der Waals surface area contributed by atoms with Gasteiger partial charge in [-0.05, 0) is 43.4 Å². The van der Waals surface area contributed by atoms with Crippen molar-refractivity contribution in [2.45, 2.75) is 48.7 Å². The van der Waals surface area contributed by atoms with Crippen LogP contribution in [0.3, 0.4) is 0 Å². The number of hydrogen-bond donors (Lipinski definition) is 0. The molecule has 35 heavy (non-hydrogen) atoms. The van der Waals surface area contributed by atoms with Gasteiger partial charge >= 0.3 is 0 Å². The van der Waals surface area contributed by atoms with Gasteiger partial charge in [-0.3, -0.25) is 0 Å². The van der Waals surface area contributed by atoms with Crippen molar-refractivity contribution in [2.75, 3.05) is 20.3 Å². The molecule has 0 unspecified atom stereocenters. The molecule has 0 bridgehead atoms. The molecule has 0 aliphatic heterocycles. The monoisotopic (exact) mass is 517 g/mol. The van der Waals surface area contributed by atoms with Crippen molar-refractivity contribution in [1.29, 1.82) is 0 Å². The number of sulfone groups is 1. The average Bonchev–Trinajstić information content (AvgIpc) is 3.55. The topological polar surface area (TPSA) is 98.6 Å². The fourth-order valence-corrected chi connectivity index (χ4v) is 6.93. The van der Waals surface area contributed by atoms with Gasteiger partial charge < -0.3 is 9.30 Å². The molecule has 1 fully saturated rings. The molecular formula is C25H31N3O5S2. The molecular weight excluding hydrogens is 486 g/mol. The lowest BCUT2D eigenvalue weighted by molar-refractivity contribution is 0.182. The van der Waals surface area contributed by atoms with Gasteiger partial charge in [0, 0.05) is 20.2 Å². The minimum atomic E-state index is -3.77. The zero-order valence-corrected chi connectivity index (χ0v) is 21.6. The fourth-order valence-electron chi connectivity index (χ4n) is 3.92. The van der Waals surface area contributed by atoms with Gasteiger partial charge in [0.2, 0.25) is 25.0 Å². The summed E-state index contributed by atoms with van der Waals surface area (Å²) < 4.78 is 61.8. The molecule has 0 saturated heterocycles. The van der Waals surface area contributed by atoms with E-state index in [1.807, 2.05) is 13.0 Å². The smallest absolute Gasteiger partial charge is 0.243 e. The Hall–Kier alpha value is -2.53. The van der Waals surface area contributed by atoms with Crippen molar-refractivity contribution in [2.24, 2.45) is 5.92 Å². The molecule has 4 rings (SSSR count). The van der Waals surface area contributed by atoms with Crippen LogP contribution in [0.25, 0.3) is 0 Å². The normalized spacial score (nSPS) is 14.5. The lowest BCUT2D eigenvalue weighted by Gasteiger charge is -2.23. The predicted molar refractivity (Wildman–Crippen MR) is 133 cm³/mol. The highest BCUT2D eigenvalue weighted by atomic mass is 32.2. The van der Waals surface area contributed by atoms with E-state index in [9.17, 15) is 16.8 Å². The van der Waals surface area contributed by atoms with Gasteiger partial charge in [-0.25, -0.2) is 21.8 Å². The van der Waals surface area contributed by atoms with Crippen LogP contribution in [0.4, 0.5) is 0 Å². The van der Waals surface area contributed by atoms with Gasteiger partial charge in [-0.15, -0.1) is 0 Å². The number of hydrogen-bond acceptors (Lipinski definition) is 6. The number of sulfonamides is 1. The molecule has 1 aliphatic rings. The lowest BCUT2D eigenvalue weighted by atomic mass is 10.2. The number of methoxy groups -OCH3 is 1. The average molecular weight is 518 g/mol. The van der Waals surface area contributed by atoms with Crippen molar-refractivity contribution < 1.29 is 21.6 Å². The van der Waals surface area contributed by atoms with Crippen LogP contribution < -0.4 is 0 Å². The maximum Gasteiger partial charge on any atom is 0.243 e. The molecule has 0 radical (unpaired) electrons. The Labute approximate surface area is 207 Å². The number of imidazole rings is 1. The van der Waals surface area contributed by atoms with Crippen molar-refractivity contribution in [3.63, 3.8) is 0 Å². The van der Waals surface area contributed by atoms with Crippen molar-refractivity contribution in [3.8, 4) is 0 Å². The largest absolute Gasteiger partial charge is 0.383 e. The van der Waals surface area contributed by atoms with Crippen LogP contribution in [0.2, 0.25) is 0 Å². The number of nitrogens with zero attached hydrogens (tertiary/aromatic N) is 3. The van der Waals surface area contributed by atoms with Crippen LogP contribution >= 0.6 is 0 Å². The summed E-state index contributed by atoms with van der Waals surface area (Å²) >= 11 is 0. The first kappa shape index (κ1) is 25.6. The van der Waals surface area contributed by atoms with Gasteiger partial charge in [0.25, 0.3) is 0 Å². The highest BCUT2D eigenvalue weighted by Gasteiger charge is 2.33. The molecule has 0 atom stereocenters. The van der Waals surface area contributed by atoms with Gasteiger partial charge in [0.1, 0.15) is 0 Å². The maximum atomic E-state index is 13.5. The number of aryl methyl sites for hydroxylation is 1. The molecule has 0 amide bonds. The second kappa shape index (κ2) is 10.6. The first-order chi connectivity index (χ1) is 16.7. The summed E-state index contributed by atoms with van der Waals surface area (Å²) in [4.78, 5) is 4.47. The second-order valence-corrected chi connectivity index (χ2v) is 12.8. The van der Waals surface area contributed by atoms with Crippen LogP contribution in [0.5, 0.6) is 0 Å². The molecule has 1 heterocycles. The van der Waals surface area contributed by atoms with Crippen LogP contribution in [0, 0.1) is 12.8 Å². The predicted octanol–water partition coefficient (Wildman–Crippen LogP) is 3.41. The van der Waals surface area contributed by atoms with E-state index in [1.54, 1.807) is 53.1 Å². The molecule has 10 heteroatoms. The van der Waals surface area contributed by atoms with Crippen molar-refractivity contribution in [1.82, 2.24) is 13.9 Å². The van der Waals surface area contributed by atoms with Gasteiger partial charge in [0.15, 0.2) is 0 Å². The fraction of sp³-hybridized carbons (Fsp3) is 0.400. The molecule has 2 aromatic carbocycles. The van der Waals surface area contributed by atoms with E-state index in [1.165, 1.54) is 17.6 Å². The van der Waals surface area contributed by atoms with E-state index in [4.69, 9.17) is 4.74 Å². The third-order valence-corrected chi connectivity index (χ3v) is 9.48. The number of ether oxygens (including phenoxy) is 1. The van der Waals surface area contributed by atoms with Crippen LogP contribution in [0.15, 0.2) is 70.8 Å². The van der Waals surface area contributed by atoms with E-state index in [0.717, 1.165) is 18.4 Å². The zero-order valence-electron chi connectivity index (χ0n) is 20.0. The standard InChI is InChI=1S/C25H31N3O5S2/c1-20-8-12-24(13-9-20)35(31,32)27(17-21-10-11-21)18-23-16-26-25(28(23)14-15-33-2)34(29,30)19-22-6-4-3-5-7-22/h3-9,12-13,16,21H,10-11,14-15,17-19H2,1-2H3. The Balaban J connectivity index is 1.68. The molecule has 0 N–H and O–H groups in total. The third kappa shape index (κ3) is 6.19. The van der Waals surface area contributed by atoms with E-state index in [0.29, 0.717) is 23.7 Å². The van der Waals surface area contributed by atoms with Crippen LogP contribution in [-0.4, -0.2) is 51.0 Å². The Morgan fingerprint density at radius 2 is 1.71 bits per heavy atom. The van der Waals surface area contributed by atoms with Gasteiger partial charge in [-0.2, -0.15) is 4.31 Å². The van der Waals surface area contributed by atoms with E-state index in [-0.39, 0.29) is 35.5 Å². The summed E-state index contributed by atoms with van der Waals surface area (Å²) in [6, 6.07) is 15.7. The zero-order chi connectivity index (χ0) is 25.1. The van der Waals surface area contributed by atoms with Crippen molar-refractivity contribution >= 4 is 19.9 Å². The van der Waals surface area contributed by atoms with Crippen LogP contribution in [0.1, 0.15) is 29.7 Å². The summed E-state index contributed by atoms with van der Waals surface area (Å²) in [5.74, 6) is 0.122. The van der Waals surface area contributed by atoms with Crippen molar-refractivity contribution in [3.05, 3.63) is 77.6 Å². The third-order valence-electron chi connectivity index (χ3n) is 6.05. The Kier molecular flexibility index (Phi) is 7.75. The summed E-state index contributed by atoms with van der Waals surface area (Å²) in [6.45, 7) is 2.84. The SMILES string of the molecule is COCCn1c(CN(CC2CC2)S(=O)(=O)c2ccc(C)cc2)cnc1S(=O)(=O)Cc1ccccc1. The molecule has 1 aromatic heterocycles. The van der Waals surface area contributed by atoms with Crippen LogP contribution in [-0.2, 0) is 43.4 Å². The van der Waals surface area contributed by atoms with E-state index in [2.05, 4.69) is 4.98 Å². The second-order valence-electron chi connectivity index (χ2n) is 8.98. The van der Waals surface area contributed by atoms with E-state index >= 15 is 0 Å². The summed E-state index contributed by atoms with van der Waals surface area (Å²) in [5.41, 5.74) is 2.15. The van der Waals surface area contributed by atoms with E-state index < -0.39 is 19.9 Å². The highest BCUT2D eigenvalue weighted by Crippen LogP contribution is 2.33. The first-order valence-corrected chi connectivity index (χ1v) is 14.7. The Bertz CT molecular complexity index is 1350. The molecule has 8 nitrogen and oxygen atoms in total. The number of rotatable bonds is 12. The summed E-state index contributed by atoms with van der Waals surface area (Å²) in [6.07, 6.45) is 3.44. The first-order valence-electron chi connectivity index (χ1n) is 11.6. The molecule has 1 aliphatic carbocycles. The summed E-state index contributed by atoms with van der Waals surface area (Å²) in [5, 5.41) is -0.0764. The number of benzene rings is 2. The molecule has 188 valence electrons. The molecule has 0 spiro atoms. The van der Waals surface area contributed by atoms with Gasteiger partial charge in [0.05, 0.1) is 35.7 Å². The number of aromatic nitrogens is 2. The Morgan fingerprint density at radius 3 is 2.34 bits per heavy atom. The quantitative estimate of drug-likeness (QED) is 0.365. The Morgan fingerprint density at radius 1 is 1.03 bits per heavy atom.